The van der Waals surface area contributed by atoms with Gasteiger partial charge < -0.3 is 0 Å². The minimum atomic E-state index is 1.00. The van der Waals surface area contributed by atoms with Crippen LogP contribution in [0.4, 0.5) is 0 Å². The van der Waals surface area contributed by atoms with Crippen LogP contribution in [0.1, 0.15) is 0 Å². The zero-order chi connectivity index (χ0) is 9.10. The molecule has 0 spiro atoms. The summed E-state index contributed by atoms with van der Waals surface area (Å²) in [5.74, 6) is 0. The monoisotopic (exact) mass is 190 g/mol. The van der Waals surface area contributed by atoms with Crippen LogP contribution in [0.15, 0.2) is 41.4 Å². The normalized spacial score (nSPS) is 10.2. The minimum absolute atomic E-state index is 1.00. The molecule has 3 heteroatoms. The second-order valence-corrected chi connectivity index (χ2v) is 3.51. The van der Waals surface area contributed by atoms with Crippen molar-refractivity contribution < 1.29 is 0 Å². The van der Waals surface area contributed by atoms with E-state index in [0.29, 0.717) is 0 Å². The summed E-state index contributed by atoms with van der Waals surface area (Å²) < 4.78 is 0. The molecule has 0 unspecified atom stereocenters. The Labute approximate surface area is 81.4 Å². The summed E-state index contributed by atoms with van der Waals surface area (Å²) in [6.45, 7) is 0. The van der Waals surface area contributed by atoms with E-state index in [1.165, 1.54) is 10.5 Å². The smallest absolute Gasteiger partial charge is 0.0931 e. The fraction of sp³-hybridized carbons (Fsp3) is 0.100. The first-order chi connectivity index (χ1) is 6.42. The predicted molar refractivity (Wildman–Crippen MR) is 55.8 cm³/mol. The molecule has 1 aromatic heterocycles. The molecule has 1 aromatic carbocycles. The lowest BCUT2D eigenvalue weighted by Gasteiger charge is -2.02. The second kappa shape index (κ2) is 3.66. The van der Waals surface area contributed by atoms with Crippen LogP contribution < -0.4 is 0 Å². The van der Waals surface area contributed by atoms with Crippen LogP contribution in [-0.2, 0) is 0 Å². The zero-order valence-electron chi connectivity index (χ0n) is 7.32. The highest BCUT2D eigenvalue weighted by molar-refractivity contribution is 7.98. The minimum Gasteiger partial charge on any atom is -0.285 e. The fourth-order valence-electron chi connectivity index (χ4n) is 1.27. The molecule has 66 valence electrons. The average molecular weight is 190 g/mol. The van der Waals surface area contributed by atoms with Crippen molar-refractivity contribution in [1.29, 1.82) is 0 Å². The van der Waals surface area contributed by atoms with Crippen molar-refractivity contribution in [3.63, 3.8) is 0 Å². The van der Waals surface area contributed by atoms with Gasteiger partial charge in [0.15, 0.2) is 0 Å². The third kappa shape index (κ3) is 1.60. The van der Waals surface area contributed by atoms with E-state index in [1.54, 1.807) is 11.8 Å². The van der Waals surface area contributed by atoms with Gasteiger partial charge in [-0.15, -0.1) is 11.8 Å². The second-order valence-electron chi connectivity index (χ2n) is 2.66. The fourth-order valence-corrected chi connectivity index (χ4v) is 1.87. The molecule has 0 radical (unpaired) electrons. The molecule has 0 aliphatic carbocycles. The molecule has 13 heavy (non-hydrogen) atoms. The standard InChI is InChI=1S/C10H10N2S/c1-13-10-5-3-2-4-8(10)9-6-7-11-12-9/h2-7H,1H3,(H,11,12). The highest BCUT2D eigenvalue weighted by Gasteiger charge is 2.03. The highest BCUT2D eigenvalue weighted by Crippen LogP contribution is 2.27. The summed E-state index contributed by atoms with van der Waals surface area (Å²) in [5, 5.41) is 6.98. The maximum Gasteiger partial charge on any atom is 0.0931 e. The van der Waals surface area contributed by atoms with Crippen molar-refractivity contribution >= 4 is 11.8 Å². The molecule has 0 aliphatic heterocycles. The van der Waals surface area contributed by atoms with Gasteiger partial charge in [0, 0.05) is 16.7 Å². The maximum atomic E-state index is 4.16. The highest BCUT2D eigenvalue weighted by atomic mass is 32.2. The Morgan fingerprint density at radius 3 is 2.77 bits per heavy atom. The van der Waals surface area contributed by atoms with Crippen LogP contribution in [0.5, 0.6) is 0 Å². The summed E-state index contributed by atoms with van der Waals surface area (Å²) in [7, 11) is 0. The Balaban J connectivity index is 2.51. The Bertz CT molecular complexity index is 382. The van der Waals surface area contributed by atoms with Gasteiger partial charge in [-0.3, -0.25) is 5.10 Å². The molecule has 1 heterocycles. The SMILES string of the molecule is CSc1ccccc1-c1cc[nH]n1. The first-order valence-corrected chi connectivity index (χ1v) is 5.27. The van der Waals surface area contributed by atoms with E-state index in [9.17, 15) is 0 Å². The van der Waals surface area contributed by atoms with Gasteiger partial charge >= 0.3 is 0 Å². The summed E-state index contributed by atoms with van der Waals surface area (Å²) in [6.07, 6.45) is 3.91. The Morgan fingerprint density at radius 2 is 2.08 bits per heavy atom. The summed E-state index contributed by atoms with van der Waals surface area (Å²) >= 11 is 1.74. The third-order valence-corrected chi connectivity index (χ3v) is 2.68. The molecule has 0 saturated heterocycles. The summed E-state index contributed by atoms with van der Waals surface area (Å²) in [6, 6.07) is 10.2. The largest absolute Gasteiger partial charge is 0.285 e. The van der Waals surface area contributed by atoms with Gasteiger partial charge in [0.05, 0.1) is 5.69 Å². The van der Waals surface area contributed by atoms with Crippen LogP contribution in [0.3, 0.4) is 0 Å². The van der Waals surface area contributed by atoms with Crippen LogP contribution in [0.2, 0.25) is 0 Å². The Kier molecular flexibility index (Phi) is 2.36. The molecule has 0 fully saturated rings. The third-order valence-electron chi connectivity index (χ3n) is 1.88. The van der Waals surface area contributed by atoms with Crippen molar-refractivity contribution in [3.05, 3.63) is 36.5 Å². The predicted octanol–water partition coefficient (Wildman–Crippen LogP) is 2.80. The van der Waals surface area contributed by atoms with E-state index in [1.807, 2.05) is 24.4 Å². The lowest BCUT2D eigenvalue weighted by Crippen LogP contribution is -1.81. The van der Waals surface area contributed by atoms with E-state index in [4.69, 9.17) is 0 Å². The van der Waals surface area contributed by atoms with Crippen molar-refractivity contribution in [1.82, 2.24) is 10.2 Å². The van der Waals surface area contributed by atoms with Crippen molar-refractivity contribution in [2.24, 2.45) is 0 Å². The molecule has 0 aliphatic rings. The average Bonchev–Trinajstić information content (AvgIpc) is 2.70. The number of hydrogen-bond acceptors (Lipinski definition) is 2. The topological polar surface area (TPSA) is 28.7 Å². The number of aromatic amines is 1. The molecule has 2 aromatic rings. The molecule has 0 bridgehead atoms. The molecule has 0 amide bonds. The van der Waals surface area contributed by atoms with Crippen LogP contribution >= 0.6 is 11.8 Å². The number of benzene rings is 1. The van der Waals surface area contributed by atoms with E-state index >= 15 is 0 Å². The van der Waals surface area contributed by atoms with Crippen molar-refractivity contribution in [2.45, 2.75) is 4.90 Å². The van der Waals surface area contributed by atoms with Crippen LogP contribution in [-0.4, -0.2) is 16.5 Å². The molecule has 1 N–H and O–H groups in total. The number of H-pyrrole nitrogens is 1. The maximum absolute atomic E-state index is 4.16. The number of aromatic nitrogens is 2. The first kappa shape index (κ1) is 8.38. The molecule has 0 atom stereocenters. The van der Waals surface area contributed by atoms with Gasteiger partial charge in [0.2, 0.25) is 0 Å². The molecular formula is C10H10N2S. The molecular weight excluding hydrogens is 180 g/mol. The van der Waals surface area contributed by atoms with Gasteiger partial charge in [-0.1, -0.05) is 18.2 Å². The number of thioether (sulfide) groups is 1. The summed E-state index contributed by atoms with van der Waals surface area (Å²) in [4.78, 5) is 1.26. The Hall–Kier alpha value is -1.22. The van der Waals surface area contributed by atoms with Gasteiger partial charge in [-0.05, 0) is 18.4 Å². The van der Waals surface area contributed by atoms with E-state index < -0.39 is 0 Å². The van der Waals surface area contributed by atoms with E-state index in [0.717, 1.165) is 5.69 Å². The lowest BCUT2D eigenvalue weighted by molar-refractivity contribution is 1.09. The first-order valence-electron chi connectivity index (χ1n) is 4.05. The van der Waals surface area contributed by atoms with Crippen LogP contribution in [0, 0.1) is 0 Å². The van der Waals surface area contributed by atoms with E-state index in [2.05, 4.69) is 28.6 Å². The lowest BCUT2D eigenvalue weighted by atomic mass is 10.1. The quantitative estimate of drug-likeness (QED) is 0.738. The van der Waals surface area contributed by atoms with Crippen molar-refractivity contribution in [2.75, 3.05) is 6.26 Å². The molecule has 0 saturated carbocycles. The van der Waals surface area contributed by atoms with Gasteiger partial charge in [0.1, 0.15) is 0 Å². The number of hydrogen-bond donors (Lipinski definition) is 1. The van der Waals surface area contributed by atoms with Crippen LogP contribution in [0.25, 0.3) is 11.3 Å². The number of nitrogens with zero attached hydrogens (tertiary/aromatic N) is 1. The Morgan fingerprint density at radius 1 is 1.23 bits per heavy atom. The van der Waals surface area contributed by atoms with Crippen molar-refractivity contribution in [3.8, 4) is 11.3 Å². The number of rotatable bonds is 2. The summed E-state index contributed by atoms with van der Waals surface area (Å²) in [5.41, 5.74) is 2.20. The number of nitrogens with one attached hydrogen (secondary N) is 1. The van der Waals surface area contributed by atoms with Gasteiger partial charge in [-0.2, -0.15) is 5.10 Å². The van der Waals surface area contributed by atoms with Gasteiger partial charge in [0.25, 0.3) is 0 Å². The van der Waals surface area contributed by atoms with E-state index in [-0.39, 0.29) is 0 Å². The zero-order valence-corrected chi connectivity index (χ0v) is 8.14. The molecule has 2 nitrogen and oxygen atoms in total. The molecule has 2 rings (SSSR count). The van der Waals surface area contributed by atoms with Gasteiger partial charge in [-0.25, -0.2) is 0 Å².